The molecule has 2 rings (SSSR count). The summed E-state index contributed by atoms with van der Waals surface area (Å²) in [5, 5.41) is 8.58. The molecule has 0 amide bonds. The third-order valence-electron chi connectivity index (χ3n) is 2.95. The molecular formula is C16H17N3O. The molecule has 0 bridgehead atoms. The Labute approximate surface area is 119 Å². The molecule has 0 aliphatic rings. The second-order valence-electron chi connectivity index (χ2n) is 4.50. The van der Waals surface area contributed by atoms with Gasteiger partial charge in [0.1, 0.15) is 6.07 Å². The lowest BCUT2D eigenvalue weighted by atomic mass is 10.1. The summed E-state index contributed by atoms with van der Waals surface area (Å²) in [5.41, 5.74) is 1.38. The standard InChI is InChI=1S/C16H17N3O/c17-11-16-18-12-15(13-19-16)20-10-6-2-5-9-14-7-3-1-4-8-14/h1,3-4,7-8,12-13H,2,5-6,9-10H2. The quantitative estimate of drug-likeness (QED) is 0.723. The van der Waals surface area contributed by atoms with Crippen molar-refractivity contribution in [3.05, 3.63) is 54.1 Å². The molecule has 2 aromatic rings. The number of aryl methyl sites for hydroxylation is 1. The van der Waals surface area contributed by atoms with Gasteiger partial charge in [0.2, 0.25) is 5.82 Å². The molecule has 0 saturated carbocycles. The van der Waals surface area contributed by atoms with Crippen LogP contribution >= 0.6 is 0 Å². The average Bonchev–Trinajstić information content (AvgIpc) is 2.52. The molecule has 0 N–H and O–H groups in total. The van der Waals surface area contributed by atoms with Crippen LogP contribution in [0.1, 0.15) is 30.7 Å². The fourth-order valence-corrected chi connectivity index (χ4v) is 1.89. The first-order valence-electron chi connectivity index (χ1n) is 6.77. The van der Waals surface area contributed by atoms with Crippen LogP contribution in [0.2, 0.25) is 0 Å². The van der Waals surface area contributed by atoms with Crippen molar-refractivity contribution in [3.63, 3.8) is 0 Å². The van der Waals surface area contributed by atoms with Crippen molar-refractivity contribution in [3.8, 4) is 11.8 Å². The van der Waals surface area contributed by atoms with E-state index in [2.05, 4.69) is 34.2 Å². The zero-order valence-electron chi connectivity index (χ0n) is 11.3. The maximum atomic E-state index is 8.58. The largest absolute Gasteiger partial charge is 0.490 e. The third kappa shape index (κ3) is 4.69. The zero-order valence-corrected chi connectivity index (χ0v) is 11.3. The van der Waals surface area contributed by atoms with E-state index in [-0.39, 0.29) is 5.82 Å². The van der Waals surface area contributed by atoms with Crippen LogP contribution in [0, 0.1) is 11.3 Å². The summed E-state index contributed by atoms with van der Waals surface area (Å²) < 4.78 is 5.52. The summed E-state index contributed by atoms with van der Waals surface area (Å²) in [6.07, 6.45) is 7.49. The molecule has 1 heterocycles. The Kier molecular flexibility index (Phi) is 5.53. The lowest BCUT2D eigenvalue weighted by molar-refractivity contribution is 0.303. The smallest absolute Gasteiger partial charge is 0.232 e. The maximum Gasteiger partial charge on any atom is 0.232 e. The molecule has 4 heteroatoms. The van der Waals surface area contributed by atoms with Crippen LogP contribution in [0.15, 0.2) is 42.7 Å². The van der Waals surface area contributed by atoms with E-state index in [1.54, 1.807) is 0 Å². The van der Waals surface area contributed by atoms with Crippen molar-refractivity contribution in [1.29, 1.82) is 5.26 Å². The van der Waals surface area contributed by atoms with Crippen LogP contribution in [-0.4, -0.2) is 16.6 Å². The fourth-order valence-electron chi connectivity index (χ4n) is 1.89. The first kappa shape index (κ1) is 14.0. The molecule has 0 atom stereocenters. The number of ether oxygens (including phenoxy) is 1. The Hall–Kier alpha value is -2.41. The van der Waals surface area contributed by atoms with E-state index >= 15 is 0 Å². The molecule has 0 aliphatic carbocycles. The predicted octanol–water partition coefficient (Wildman–Crippen LogP) is 3.14. The maximum absolute atomic E-state index is 8.58. The zero-order chi connectivity index (χ0) is 14.0. The van der Waals surface area contributed by atoms with Gasteiger partial charge in [0.25, 0.3) is 0 Å². The van der Waals surface area contributed by atoms with Crippen molar-refractivity contribution in [1.82, 2.24) is 9.97 Å². The van der Waals surface area contributed by atoms with Gasteiger partial charge >= 0.3 is 0 Å². The van der Waals surface area contributed by atoms with Gasteiger partial charge in [-0.05, 0) is 31.2 Å². The monoisotopic (exact) mass is 267 g/mol. The molecule has 0 spiro atoms. The minimum atomic E-state index is 0.167. The molecule has 0 unspecified atom stereocenters. The van der Waals surface area contributed by atoms with Crippen molar-refractivity contribution < 1.29 is 4.74 Å². The lowest BCUT2D eigenvalue weighted by Gasteiger charge is -2.05. The molecule has 0 radical (unpaired) electrons. The Bertz CT molecular complexity index is 546. The normalized spacial score (nSPS) is 9.95. The van der Waals surface area contributed by atoms with Crippen LogP contribution in [0.25, 0.3) is 0 Å². The number of hydrogen-bond donors (Lipinski definition) is 0. The molecule has 0 saturated heterocycles. The van der Waals surface area contributed by atoms with Crippen molar-refractivity contribution >= 4 is 0 Å². The number of aromatic nitrogens is 2. The number of benzene rings is 1. The number of nitrogens with zero attached hydrogens (tertiary/aromatic N) is 3. The number of unbranched alkanes of at least 4 members (excludes halogenated alkanes) is 2. The van der Waals surface area contributed by atoms with Gasteiger partial charge < -0.3 is 4.74 Å². The van der Waals surface area contributed by atoms with Gasteiger partial charge in [0.15, 0.2) is 5.75 Å². The molecule has 1 aromatic carbocycles. The molecular weight excluding hydrogens is 250 g/mol. The summed E-state index contributed by atoms with van der Waals surface area (Å²) in [6.45, 7) is 0.657. The Balaban J connectivity index is 1.58. The number of hydrogen-bond acceptors (Lipinski definition) is 4. The minimum absolute atomic E-state index is 0.167. The highest BCUT2D eigenvalue weighted by Gasteiger charge is 1.97. The number of rotatable bonds is 7. The summed E-state index contributed by atoms with van der Waals surface area (Å²) >= 11 is 0. The molecule has 4 nitrogen and oxygen atoms in total. The average molecular weight is 267 g/mol. The van der Waals surface area contributed by atoms with Gasteiger partial charge in [-0.1, -0.05) is 30.3 Å². The fraction of sp³-hybridized carbons (Fsp3) is 0.312. The van der Waals surface area contributed by atoms with Crippen molar-refractivity contribution in [2.75, 3.05) is 6.61 Å². The summed E-state index contributed by atoms with van der Waals surface area (Å²) in [7, 11) is 0. The topological polar surface area (TPSA) is 58.8 Å². The summed E-state index contributed by atoms with van der Waals surface area (Å²) in [4.78, 5) is 7.71. The van der Waals surface area contributed by atoms with Crippen molar-refractivity contribution in [2.45, 2.75) is 25.7 Å². The Morgan fingerprint density at radius 1 is 1.00 bits per heavy atom. The first-order valence-corrected chi connectivity index (χ1v) is 6.77. The highest BCUT2D eigenvalue weighted by molar-refractivity contribution is 5.17. The van der Waals surface area contributed by atoms with Crippen LogP contribution in [0.4, 0.5) is 0 Å². The predicted molar refractivity (Wildman–Crippen MR) is 76.2 cm³/mol. The molecule has 20 heavy (non-hydrogen) atoms. The van der Waals surface area contributed by atoms with E-state index in [0.717, 1.165) is 25.7 Å². The van der Waals surface area contributed by atoms with E-state index in [4.69, 9.17) is 10.00 Å². The molecule has 102 valence electrons. The second-order valence-corrected chi connectivity index (χ2v) is 4.50. The molecule has 1 aromatic heterocycles. The third-order valence-corrected chi connectivity index (χ3v) is 2.95. The lowest BCUT2D eigenvalue weighted by Crippen LogP contribution is -1.99. The second kappa shape index (κ2) is 7.90. The van der Waals surface area contributed by atoms with E-state index in [9.17, 15) is 0 Å². The van der Waals surface area contributed by atoms with E-state index in [1.165, 1.54) is 18.0 Å². The highest BCUT2D eigenvalue weighted by atomic mass is 16.5. The Morgan fingerprint density at radius 3 is 2.45 bits per heavy atom. The molecule has 0 fully saturated rings. The van der Waals surface area contributed by atoms with Gasteiger partial charge in [-0.2, -0.15) is 5.26 Å². The van der Waals surface area contributed by atoms with Crippen molar-refractivity contribution in [2.24, 2.45) is 0 Å². The first-order chi connectivity index (χ1) is 9.88. The van der Waals surface area contributed by atoms with E-state index < -0.39 is 0 Å². The summed E-state index contributed by atoms with van der Waals surface area (Å²) in [6, 6.07) is 12.4. The summed E-state index contributed by atoms with van der Waals surface area (Å²) in [5.74, 6) is 0.785. The SMILES string of the molecule is N#Cc1ncc(OCCCCCc2ccccc2)cn1. The van der Waals surface area contributed by atoms with Gasteiger partial charge in [0.05, 0.1) is 19.0 Å². The van der Waals surface area contributed by atoms with Crippen LogP contribution in [0.3, 0.4) is 0 Å². The van der Waals surface area contributed by atoms with E-state index in [0.29, 0.717) is 12.4 Å². The molecule has 0 aliphatic heterocycles. The van der Waals surface area contributed by atoms with Crippen LogP contribution in [-0.2, 0) is 6.42 Å². The number of nitriles is 1. The van der Waals surface area contributed by atoms with E-state index in [1.807, 2.05) is 12.1 Å². The van der Waals surface area contributed by atoms with Crippen LogP contribution < -0.4 is 4.74 Å². The Morgan fingerprint density at radius 2 is 1.75 bits per heavy atom. The van der Waals surface area contributed by atoms with Gasteiger partial charge in [-0.15, -0.1) is 0 Å². The minimum Gasteiger partial charge on any atom is -0.490 e. The van der Waals surface area contributed by atoms with Gasteiger partial charge in [0, 0.05) is 0 Å². The van der Waals surface area contributed by atoms with Gasteiger partial charge in [-0.25, -0.2) is 9.97 Å². The highest BCUT2D eigenvalue weighted by Crippen LogP contribution is 2.09. The van der Waals surface area contributed by atoms with Crippen LogP contribution in [0.5, 0.6) is 5.75 Å². The van der Waals surface area contributed by atoms with Gasteiger partial charge in [-0.3, -0.25) is 0 Å².